The molecule has 0 atom stereocenters. The third-order valence-electron chi connectivity index (χ3n) is 2.21. The van der Waals surface area contributed by atoms with Gasteiger partial charge in [-0.3, -0.25) is 5.32 Å². The maximum Gasteiger partial charge on any atom is 0.418 e. The van der Waals surface area contributed by atoms with Crippen molar-refractivity contribution in [3.63, 3.8) is 0 Å². The number of alkyl halides is 3. The molecule has 9 heteroatoms. The lowest BCUT2D eigenvalue weighted by Crippen LogP contribution is -2.22. The number of nitrogens with zero attached hydrogens (tertiary/aromatic N) is 1. The number of urea groups is 1. The Morgan fingerprint density at radius 3 is 2.60 bits per heavy atom. The first-order valence-electron chi connectivity index (χ1n) is 5.21. The highest BCUT2D eigenvalue weighted by Gasteiger charge is 2.34. The molecule has 1 aromatic heterocycles. The molecule has 0 radical (unpaired) electrons. The van der Waals surface area contributed by atoms with Crippen molar-refractivity contribution in [1.82, 2.24) is 5.16 Å². The van der Waals surface area contributed by atoms with Gasteiger partial charge in [0, 0.05) is 11.1 Å². The lowest BCUT2D eigenvalue weighted by atomic mass is 10.1. The van der Waals surface area contributed by atoms with E-state index in [-0.39, 0.29) is 10.8 Å². The average Bonchev–Trinajstić information content (AvgIpc) is 2.82. The van der Waals surface area contributed by atoms with Crippen molar-refractivity contribution in [2.45, 2.75) is 6.18 Å². The van der Waals surface area contributed by atoms with Crippen molar-refractivity contribution in [2.24, 2.45) is 0 Å². The van der Waals surface area contributed by atoms with E-state index in [1.165, 1.54) is 18.4 Å². The van der Waals surface area contributed by atoms with Gasteiger partial charge in [0.2, 0.25) is 0 Å². The summed E-state index contributed by atoms with van der Waals surface area (Å²) in [7, 11) is 0. The highest BCUT2D eigenvalue weighted by Crippen LogP contribution is 2.36. The standard InChI is InChI=1S/C11H7ClF3N3O2/c12-6-1-2-8(7(5-6)11(13,14)15)16-10(19)17-9-3-4-20-18-9/h1-5H,(H2,16,17,18,19). The van der Waals surface area contributed by atoms with Crippen molar-refractivity contribution < 1.29 is 22.5 Å². The van der Waals surface area contributed by atoms with Crippen LogP contribution in [-0.2, 0) is 6.18 Å². The molecule has 20 heavy (non-hydrogen) atoms. The highest BCUT2D eigenvalue weighted by atomic mass is 35.5. The second-order valence-corrected chi connectivity index (χ2v) is 4.09. The number of benzene rings is 1. The lowest BCUT2D eigenvalue weighted by Gasteiger charge is -2.14. The molecule has 2 amide bonds. The summed E-state index contributed by atoms with van der Waals surface area (Å²) in [4.78, 5) is 11.5. The Bertz CT molecular complexity index is 614. The fourth-order valence-corrected chi connectivity index (χ4v) is 1.58. The zero-order valence-corrected chi connectivity index (χ0v) is 10.4. The molecule has 106 valence electrons. The second kappa shape index (κ2) is 5.41. The maximum absolute atomic E-state index is 12.8. The number of nitrogens with one attached hydrogen (secondary N) is 2. The molecule has 2 N–H and O–H groups in total. The van der Waals surface area contributed by atoms with Gasteiger partial charge < -0.3 is 9.84 Å². The molecule has 2 rings (SSSR count). The molecule has 0 aliphatic carbocycles. The largest absolute Gasteiger partial charge is 0.418 e. The highest BCUT2D eigenvalue weighted by molar-refractivity contribution is 6.30. The van der Waals surface area contributed by atoms with Gasteiger partial charge in [0.05, 0.1) is 11.3 Å². The van der Waals surface area contributed by atoms with Crippen LogP contribution in [0.1, 0.15) is 5.56 Å². The van der Waals surface area contributed by atoms with Gasteiger partial charge in [0.25, 0.3) is 0 Å². The van der Waals surface area contributed by atoms with Crippen LogP contribution in [-0.4, -0.2) is 11.2 Å². The molecule has 0 fully saturated rings. The van der Waals surface area contributed by atoms with Gasteiger partial charge in [0.15, 0.2) is 5.82 Å². The van der Waals surface area contributed by atoms with Crippen LogP contribution in [0.15, 0.2) is 35.1 Å². The summed E-state index contributed by atoms with van der Waals surface area (Å²) < 4.78 is 42.9. The summed E-state index contributed by atoms with van der Waals surface area (Å²) in [5.41, 5.74) is -1.46. The van der Waals surface area contributed by atoms with Crippen LogP contribution in [0.3, 0.4) is 0 Å². The maximum atomic E-state index is 12.8. The first-order chi connectivity index (χ1) is 9.36. The van der Waals surface area contributed by atoms with E-state index >= 15 is 0 Å². The topological polar surface area (TPSA) is 67.2 Å². The fraction of sp³-hybridized carbons (Fsp3) is 0.0909. The number of carbonyl (C=O) groups is 1. The third kappa shape index (κ3) is 3.41. The minimum absolute atomic E-state index is 0.0741. The van der Waals surface area contributed by atoms with E-state index in [1.807, 2.05) is 0 Å². The molecule has 2 aromatic rings. The molecule has 0 bridgehead atoms. The first-order valence-corrected chi connectivity index (χ1v) is 5.59. The number of rotatable bonds is 2. The van der Waals surface area contributed by atoms with Gasteiger partial charge in [-0.2, -0.15) is 13.2 Å². The Morgan fingerprint density at radius 2 is 2.00 bits per heavy atom. The SMILES string of the molecule is O=C(Nc1ccon1)Nc1ccc(Cl)cc1C(F)(F)F. The van der Waals surface area contributed by atoms with Crippen LogP contribution in [0.4, 0.5) is 29.5 Å². The monoisotopic (exact) mass is 305 g/mol. The Balaban J connectivity index is 2.19. The molecule has 0 saturated carbocycles. The van der Waals surface area contributed by atoms with Crippen molar-refractivity contribution in [2.75, 3.05) is 10.6 Å². The van der Waals surface area contributed by atoms with Crippen LogP contribution < -0.4 is 10.6 Å². The minimum atomic E-state index is -4.64. The molecule has 0 unspecified atom stereocenters. The zero-order chi connectivity index (χ0) is 14.8. The molecule has 5 nitrogen and oxygen atoms in total. The number of halogens is 4. The molecule has 0 spiro atoms. The van der Waals surface area contributed by atoms with Gasteiger partial charge in [-0.05, 0) is 18.2 Å². The van der Waals surface area contributed by atoms with Crippen molar-refractivity contribution >= 4 is 29.1 Å². The Labute approximate surface area is 115 Å². The van der Waals surface area contributed by atoms with Crippen LogP contribution in [0, 0.1) is 0 Å². The summed E-state index contributed by atoms with van der Waals surface area (Å²) in [6.07, 6.45) is -3.43. The Morgan fingerprint density at radius 1 is 1.25 bits per heavy atom. The van der Waals surface area contributed by atoms with E-state index in [1.54, 1.807) is 0 Å². The van der Waals surface area contributed by atoms with Crippen molar-refractivity contribution in [3.8, 4) is 0 Å². The smallest absolute Gasteiger partial charge is 0.363 e. The van der Waals surface area contributed by atoms with E-state index < -0.39 is 23.5 Å². The fourth-order valence-electron chi connectivity index (χ4n) is 1.41. The number of hydrogen-bond donors (Lipinski definition) is 2. The molecular weight excluding hydrogens is 299 g/mol. The van der Waals surface area contributed by atoms with Crippen LogP contribution in [0.5, 0.6) is 0 Å². The van der Waals surface area contributed by atoms with E-state index in [0.717, 1.165) is 12.1 Å². The normalized spacial score (nSPS) is 11.2. The summed E-state index contributed by atoms with van der Waals surface area (Å²) in [5, 5.41) is 7.59. The van der Waals surface area contributed by atoms with Gasteiger partial charge in [-0.25, -0.2) is 4.79 Å². The second-order valence-electron chi connectivity index (χ2n) is 3.65. The molecule has 1 heterocycles. The Kier molecular flexibility index (Phi) is 3.84. The van der Waals surface area contributed by atoms with Gasteiger partial charge in [-0.1, -0.05) is 16.8 Å². The van der Waals surface area contributed by atoms with Gasteiger partial charge >= 0.3 is 12.2 Å². The van der Waals surface area contributed by atoms with Gasteiger partial charge in [0.1, 0.15) is 6.26 Å². The Hall–Kier alpha value is -2.22. The summed E-state index contributed by atoms with van der Waals surface area (Å²) in [6, 6.07) is 3.49. The predicted molar refractivity (Wildman–Crippen MR) is 65.6 cm³/mol. The number of amides is 2. The number of anilines is 2. The van der Waals surface area contributed by atoms with Crippen LogP contribution in [0.25, 0.3) is 0 Å². The molecule has 0 saturated heterocycles. The summed E-state index contributed by atoms with van der Waals surface area (Å²) >= 11 is 5.52. The lowest BCUT2D eigenvalue weighted by molar-refractivity contribution is -0.136. The van der Waals surface area contributed by atoms with E-state index in [0.29, 0.717) is 0 Å². The van der Waals surface area contributed by atoms with E-state index in [2.05, 4.69) is 20.3 Å². The number of aromatic nitrogens is 1. The molecular formula is C11H7ClF3N3O2. The molecule has 1 aromatic carbocycles. The minimum Gasteiger partial charge on any atom is -0.363 e. The average molecular weight is 306 g/mol. The van der Waals surface area contributed by atoms with Crippen molar-refractivity contribution in [1.29, 1.82) is 0 Å². The van der Waals surface area contributed by atoms with Crippen LogP contribution in [0.2, 0.25) is 5.02 Å². The molecule has 0 aliphatic rings. The quantitative estimate of drug-likeness (QED) is 0.881. The summed E-state index contributed by atoms with van der Waals surface area (Å²) in [6.45, 7) is 0. The first kappa shape index (κ1) is 14.2. The van der Waals surface area contributed by atoms with Crippen molar-refractivity contribution in [3.05, 3.63) is 41.1 Å². The van der Waals surface area contributed by atoms with E-state index in [4.69, 9.17) is 11.6 Å². The number of hydrogen-bond acceptors (Lipinski definition) is 3. The van der Waals surface area contributed by atoms with Crippen LogP contribution >= 0.6 is 11.6 Å². The van der Waals surface area contributed by atoms with Gasteiger partial charge in [-0.15, -0.1) is 0 Å². The zero-order valence-electron chi connectivity index (χ0n) is 9.66. The molecule has 0 aliphatic heterocycles. The van der Waals surface area contributed by atoms with E-state index in [9.17, 15) is 18.0 Å². The summed E-state index contributed by atoms with van der Waals surface area (Å²) in [5.74, 6) is 0.0741. The third-order valence-corrected chi connectivity index (χ3v) is 2.45. The number of carbonyl (C=O) groups excluding carboxylic acids is 1. The predicted octanol–water partition coefficient (Wildman–Crippen LogP) is 3.99.